The lowest BCUT2D eigenvalue weighted by Gasteiger charge is -2.37. The van der Waals surface area contributed by atoms with Crippen molar-refractivity contribution in [2.75, 3.05) is 39.8 Å². The van der Waals surface area contributed by atoms with E-state index in [9.17, 15) is 9.59 Å². The number of hydrogen-bond donors (Lipinski definition) is 1. The minimum Gasteiger partial charge on any atom is -0.496 e. The van der Waals surface area contributed by atoms with Crippen molar-refractivity contribution in [2.24, 2.45) is 5.92 Å². The molecule has 2 aromatic carbocycles. The normalized spacial score (nSPS) is 15.7. The van der Waals surface area contributed by atoms with Crippen molar-refractivity contribution in [1.29, 1.82) is 0 Å². The topological polar surface area (TPSA) is 61.9 Å². The van der Waals surface area contributed by atoms with Gasteiger partial charge in [-0.3, -0.25) is 14.5 Å². The lowest BCUT2D eigenvalue weighted by molar-refractivity contribution is -0.136. The van der Waals surface area contributed by atoms with E-state index in [1.165, 1.54) is 12.7 Å². The lowest BCUT2D eigenvalue weighted by atomic mass is 10.0. The Balaban J connectivity index is 1.54. The van der Waals surface area contributed by atoms with Crippen LogP contribution in [0.1, 0.15) is 29.8 Å². The SMILES string of the molecule is COc1ccccc1C(=O)NC(C(=O)N1CCN(CC=Cc2ccccc2)CC1)C(C)C. The van der Waals surface area contributed by atoms with Gasteiger partial charge in [0, 0.05) is 32.7 Å². The number of para-hydroxylation sites is 1. The molecule has 0 spiro atoms. The van der Waals surface area contributed by atoms with Crippen molar-refractivity contribution in [3.8, 4) is 5.75 Å². The average molecular weight is 436 g/mol. The van der Waals surface area contributed by atoms with Gasteiger partial charge in [-0.15, -0.1) is 0 Å². The molecule has 1 unspecified atom stereocenters. The molecular weight excluding hydrogens is 402 g/mol. The monoisotopic (exact) mass is 435 g/mol. The third kappa shape index (κ3) is 6.20. The molecule has 1 aliphatic heterocycles. The van der Waals surface area contributed by atoms with Gasteiger partial charge >= 0.3 is 0 Å². The highest BCUT2D eigenvalue weighted by Crippen LogP contribution is 2.18. The minimum absolute atomic E-state index is 0.0204. The Morgan fingerprint density at radius 3 is 2.31 bits per heavy atom. The standard InChI is InChI=1S/C26H33N3O3/c1-20(2)24(27-25(30)22-13-7-8-14-23(22)32-3)26(31)29-18-16-28(17-19-29)15-9-12-21-10-5-4-6-11-21/h4-14,20,24H,15-19H2,1-3H3,(H,27,30). The van der Waals surface area contributed by atoms with Crippen molar-refractivity contribution < 1.29 is 14.3 Å². The Morgan fingerprint density at radius 1 is 1.00 bits per heavy atom. The smallest absolute Gasteiger partial charge is 0.255 e. The number of rotatable bonds is 8. The first-order valence-corrected chi connectivity index (χ1v) is 11.2. The third-order valence-corrected chi connectivity index (χ3v) is 5.73. The van der Waals surface area contributed by atoms with Crippen LogP contribution in [-0.2, 0) is 4.79 Å². The molecule has 170 valence electrons. The number of carbonyl (C=O) groups is 2. The van der Waals surface area contributed by atoms with Gasteiger partial charge in [-0.25, -0.2) is 0 Å². The van der Waals surface area contributed by atoms with Crippen molar-refractivity contribution >= 4 is 17.9 Å². The zero-order valence-electron chi connectivity index (χ0n) is 19.2. The molecule has 0 bridgehead atoms. The van der Waals surface area contributed by atoms with Crippen LogP contribution in [0.2, 0.25) is 0 Å². The largest absolute Gasteiger partial charge is 0.496 e. The molecule has 0 radical (unpaired) electrons. The van der Waals surface area contributed by atoms with Crippen LogP contribution in [0.5, 0.6) is 5.75 Å². The van der Waals surface area contributed by atoms with E-state index in [0.29, 0.717) is 24.4 Å². The van der Waals surface area contributed by atoms with Gasteiger partial charge in [0.1, 0.15) is 11.8 Å². The number of methoxy groups -OCH3 is 1. The van der Waals surface area contributed by atoms with E-state index >= 15 is 0 Å². The molecule has 0 saturated carbocycles. The summed E-state index contributed by atoms with van der Waals surface area (Å²) in [4.78, 5) is 30.3. The van der Waals surface area contributed by atoms with Gasteiger partial charge in [0.25, 0.3) is 5.91 Å². The quantitative estimate of drug-likeness (QED) is 0.691. The van der Waals surface area contributed by atoms with Crippen LogP contribution >= 0.6 is 0 Å². The van der Waals surface area contributed by atoms with Crippen molar-refractivity contribution in [1.82, 2.24) is 15.1 Å². The summed E-state index contributed by atoms with van der Waals surface area (Å²) >= 11 is 0. The number of nitrogens with zero attached hydrogens (tertiary/aromatic N) is 2. The molecule has 0 aliphatic carbocycles. The maximum Gasteiger partial charge on any atom is 0.255 e. The molecule has 32 heavy (non-hydrogen) atoms. The first-order chi connectivity index (χ1) is 15.5. The second kappa shape index (κ2) is 11.5. The van der Waals surface area contributed by atoms with Crippen LogP contribution in [-0.4, -0.2) is 67.5 Å². The predicted molar refractivity (Wildman–Crippen MR) is 128 cm³/mol. The van der Waals surface area contributed by atoms with Crippen LogP contribution in [0.4, 0.5) is 0 Å². The van der Waals surface area contributed by atoms with E-state index < -0.39 is 6.04 Å². The predicted octanol–water partition coefficient (Wildman–Crippen LogP) is 3.31. The van der Waals surface area contributed by atoms with E-state index in [0.717, 1.165) is 19.6 Å². The number of benzene rings is 2. The summed E-state index contributed by atoms with van der Waals surface area (Å²) in [5.74, 6) is 0.159. The molecule has 0 aromatic heterocycles. The Hall–Kier alpha value is -3.12. The van der Waals surface area contributed by atoms with Crippen molar-refractivity contribution in [2.45, 2.75) is 19.9 Å². The Bertz CT molecular complexity index is 919. The summed E-state index contributed by atoms with van der Waals surface area (Å²) in [5, 5.41) is 2.93. The fourth-order valence-corrected chi connectivity index (χ4v) is 3.81. The summed E-state index contributed by atoms with van der Waals surface area (Å²) in [6.45, 7) is 7.71. The Morgan fingerprint density at radius 2 is 1.66 bits per heavy atom. The van der Waals surface area contributed by atoms with Gasteiger partial charge in [0.05, 0.1) is 12.7 Å². The molecule has 6 nitrogen and oxygen atoms in total. The third-order valence-electron chi connectivity index (χ3n) is 5.73. The number of amides is 2. The van der Waals surface area contributed by atoms with Crippen molar-refractivity contribution in [3.05, 3.63) is 71.8 Å². The van der Waals surface area contributed by atoms with Crippen molar-refractivity contribution in [3.63, 3.8) is 0 Å². The number of nitrogens with one attached hydrogen (secondary N) is 1. The molecule has 1 aliphatic rings. The first-order valence-electron chi connectivity index (χ1n) is 11.2. The fourth-order valence-electron chi connectivity index (χ4n) is 3.81. The highest BCUT2D eigenvalue weighted by atomic mass is 16.5. The lowest BCUT2D eigenvalue weighted by Crippen LogP contribution is -2.56. The molecule has 1 atom stereocenters. The maximum absolute atomic E-state index is 13.2. The van der Waals surface area contributed by atoms with E-state index in [-0.39, 0.29) is 17.7 Å². The van der Waals surface area contributed by atoms with Crippen LogP contribution in [0.25, 0.3) is 6.08 Å². The summed E-state index contributed by atoms with van der Waals surface area (Å²) < 4.78 is 5.29. The molecule has 2 aromatic rings. The first kappa shape index (κ1) is 23.5. The van der Waals surface area contributed by atoms with Crippen LogP contribution in [0.15, 0.2) is 60.7 Å². The number of piperazine rings is 1. The number of ether oxygens (including phenoxy) is 1. The van der Waals surface area contributed by atoms with Crippen LogP contribution in [0.3, 0.4) is 0 Å². The molecule has 1 fully saturated rings. The molecular formula is C26H33N3O3. The second-order valence-corrected chi connectivity index (χ2v) is 8.33. The summed E-state index contributed by atoms with van der Waals surface area (Å²) in [5.41, 5.74) is 1.62. The van der Waals surface area contributed by atoms with E-state index in [1.54, 1.807) is 18.2 Å². The molecule has 1 N–H and O–H groups in total. The summed E-state index contributed by atoms with van der Waals surface area (Å²) in [6.07, 6.45) is 4.29. The Labute approximate surface area is 190 Å². The molecule has 1 saturated heterocycles. The zero-order valence-corrected chi connectivity index (χ0v) is 19.2. The van der Waals surface area contributed by atoms with E-state index in [1.807, 2.05) is 43.0 Å². The minimum atomic E-state index is -0.572. The fraction of sp³-hybridized carbons (Fsp3) is 0.385. The van der Waals surface area contributed by atoms with Gasteiger partial charge in [-0.2, -0.15) is 0 Å². The molecule has 2 amide bonds. The van der Waals surface area contributed by atoms with Gasteiger partial charge in [0.2, 0.25) is 5.91 Å². The zero-order chi connectivity index (χ0) is 22.9. The summed E-state index contributed by atoms with van der Waals surface area (Å²) in [7, 11) is 1.53. The van der Waals surface area contributed by atoms with Crippen LogP contribution < -0.4 is 10.1 Å². The molecule has 1 heterocycles. The van der Waals surface area contributed by atoms with Gasteiger partial charge < -0.3 is 15.0 Å². The number of carbonyl (C=O) groups excluding carboxylic acids is 2. The highest BCUT2D eigenvalue weighted by Gasteiger charge is 2.31. The van der Waals surface area contributed by atoms with E-state index in [4.69, 9.17) is 4.74 Å². The molecule has 6 heteroatoms. The van der Waals surface area contributed by atoms with Gasteiger partial charge in [0.15, 0.2) is 0 Å². The van der Waals surface area contributed by atoms with Gasteiger partial charge in [-0.1, -0.05) is 68.5 Å². The Kier molecular flexibility index (Phi) is 8.45. The van der Waals surface area contributed by atoms with E-state index in [2.05, 4.69) is 34.5 Å². The summed E-state index contributed by atoms with van der Waals surface area (Å²) in [6, 6.07) is 16.7. The average Bonchev–Trinajstić information content (AvgIpc) is 2.83. The number of hydrogen-bond acceptors (Lipinski definition) is 4. The van der Waals surface area contributed by atoms with Crippen LogP contribution in [0, 0.1) is 5.92 Å². The maximum atomic E-state index is 13.2. The second-order valence-electron chi connectivity index (χ2n) is 8.33. The highest BCUT2D eigenvalue weighted by molar-refractivity contribution is 5.99. The van der Waals surface area contributed by atoms with Gasteiger partial charge in [-0.05, 0) is 23.6 Å². The molecule has 3 rings (SSSR count).